The Hall–Kier alpha value is -2.69. The van der Waals surface area contributed by atoms with Crippen LogP contribution >= 0.6 is 0 Å². The highest BCUT2D eigenvalue weighted by Crippen LogP contribution is 2.33. The molecule has 5 nitrogen and oxygen atoms in total. The van der Waals surface area contributed by atoms with Crippen molar-refractivity contribution in [2.75, 3.05) is 0 Å². The molecule has 1 aromatic heterocycles. The van der Waals surface area contributed by atoms with Crippen molar-refractivity contribution in [2.45, 2.75) is 6.92 Å². The molecule has 0 unspecified atom stereocenters. The first-order valence-corrected chi connectivity index (χ1v) is 6.24. The van der Waals surface area contributed by atoms with Gasteiger partial charge in [-0.15, -0.1) is 0 Å². The number of benzene rings is 2. The van der Waals surface area contributed by atoms with E-state index in [-0.39, 0.29) is 10.6 Å². The lowest BCUT2D eigenvalue weighted by atomic mass is 10.0. The third-order valence-electron chi connectivity index (χ3n) is 3.44. The molecule has 0 aliphatic rings. The van der Waals surface area contributed by atoms with E-state index < -0.39 is 0 Å². The molecular formula is C15H13N3O2. The van der Waals surface area contributed by atoms with E-state index in [2.05, 4.69) is 5.10 Å². The molecule has 2 aromatic carbocycles. The zero-order valence-corrected chi connectivity index (χ0v) is 11.2. The van der Waals surface area contributed by atoms with Crippen LogP contribution in [0.25, 0.3) is 22.0 Å². The van der Waals surface area contributed by atoms with Crippen molar-refractivity contribution >= 4 is 16.6 Å². The smallest absolute Gasteiger partial charge is 0.267 e. The Bertz CT molecular complexity index is 804. The molecule has 0 aliphatic carbocycles. The lowest BCUT2D eigenvalue weighted by molar-refractivity contribution is -0.383. The lowest BCUT2D eigenvalue weighted by Gasteiger charge is -2.06. The maximum absolute atomic E-state index is 11.1. The Morgan fingerprint density at radius 2 is 1.85 bits per heavy atom. The summed E-state index contributed by atoms with van der Waals surface area (Å²) >= 11 is 0. The number of hydrogen-bond donors (Lipinski definition) is 0. The van der Waals surface area contributed by atoms with E-state index in [9.17, 15) is 10.1 Å². The summed E-state index contributed by atoms with van der Waals surface area (Å²) in [7, 11) is 1.80. The maximum atomic E-state index is 11.1. The summed E-state index contributed by atoms with van der Waals surface area (Å²) in [6, 6.07) is 11.4. The average Bonchev–Trinajstić information content (AvgIpc) is 2.81. The number of nitro groups is 1. The minimum absolute atomic E-state index is 0.0870. The number of rotatable bonds is 2. The van der Waals surface area contributed by atoms with E-state index >= 15 is 0 Å². The van der Waals surface area contributed by atoms with Crippen molar-refractivity contribution in [3.63, 3.8) is 0 Å². The predicted octanol–water partition coefficient (Wildman–Crippen LogP) is 3.46. The molecule has 0 fully saturated rings. The molecule has 0 atom stereocenters. The molecular weight excluding hydrogens is 254 g/mol. The molecule has 3 aromatic rings. The SMILES string of the molecule is Cc1ccc(-c2ccc([N+](=O)[O-])c3cnn(C)c23)cc1. The van der Waals surface area contributed by atoms with Gasteiger partial charge in [-0.25, -0.2) is 0 Å². The summed E-state index contributed by atoms with van der Waals surface area (Å²) in [6.07, 6.45) is 1.55. The van der Waals surface area contributed by atoms with Crippen LogP contribution in [0.15, 0.2) is 42.6 Å². The third kappa shape index (κ3) is 1.84. The highest BCUT2D eigenvalue weighted by Gasteiger charge is 2.18. The summed E-state index contributed by atoms with van der Waals surface area (Å²) < 4.78 is 1.68. The Balaban J connectivity index is 2.32. The van der Waals surface area contributed by atoms with Gasteiger partial charge in [0.15, 0.2) is 0 Å². The minimum atomic E-state index is -0.372. The third-order valence-corrected chi connectivity index (χ3v) is 3.44. The van der Waals surface area contributed by atoms with E-state index in [1.54, 1.807) is 30.1 Å². The molecule has 0 bridgehead atoms. The zero-order chi connectivity index (χ0) is 14.3. The number of nitro benzene ring substituents is 1. The number of hydrogen-bond acceptors (Lipinski definition) is 3. The van der Waals surface area contributed by atoms with Crippen LogP contribution in [0.4, 0.5) is 5.69 Å². The first-order valence-electron chi connectivity index (χ1n) is 6.24. The molecule has 0 N–H and O–H groups in total. The summed E-state index contributed by atoms with van der Waals surface area (Å²) in [6.45, 7) is 2.03. The first-order chi connectivity index (χ1) is 9.58. The lowest BCUT2D eigenvalue weighted by Crippen LogP contribution is -1.94. The Kier molecular flexibility index (Phi) is 2.75. The topological polar surface area (TPSA) is 61.0 Å². The molecule has 0 saturated heterocycles. The second-order valence-electron chi connectivity index (χ2n) is 4.79. The van der Waals surface area contributed by atoms with Crippen molar-refractivity contribution in [1.29, 1.82) is 0 Å². The van der Waals surface area contributed by atoms with E-state index in [1.807, 2.05) is 31.2 Å². The number of aromatic nitrogens is 2. The molecule has 1 heterocycles. The Morgan fingerprint density at radius 3 is 2.50 bits per heavy atom. The van der Waals surface area contributed by atoms with Crippen LogP contribution in [-0.2, 0) is 7.05 Å². The molecule has 0 radical (unpaired) electrons. The Morgan fingerprint density at radius 1 is 1.15 bits per heavy atom. The number of nitrogens with zero attached hydrogens (tertiary/aromatic N) is 3. The first kappa shape index (κ1) is 12.3. The van der Waals surface area contributed by atoms with Crippen molar-refractivity contribution in [3.8, 4) is 11.1 Å². The van der Waals surface area contributed by atoms with Crippen molar-refractivity contribution in [2.24, 2.45) is 7.05 Å². The predicted molar refractivity (Wildman–Crippen MR) is 77.5 cm³/mol. The monoisotopic (exact) mass is 267 g/mol. The fourth-order valence-electron chi connectivity index (χ4n) is 2.40. The fraction of sp³-hybridized carbons (Fsp3) is 0.133. The van der Waals surface area contributed by atoms with Gasteiger partial charge in [-0.05, 0) is 18.6 Å². The molecule has 20 heavy (non-hydrogen) atoms. The van der Waals surface area contributed by atoms with Gasteiger partial charge in [0, 0.05) is 18.7 Å². The van der Waals surface area contributed by atoms with Crippen LogP contribution in [-0.4, -0.2) is 14.7 Å². The summed E-state index contributed by atoms with van der Waals surface area (Å²) in [5.41, 5.74) is 4.02. The number of aryl methyl sites for hydroxylation is 2. The maximum Gasteiger partial charge on any atom is 0.280 e. The van der Waals surface area contributed by atoms with E-state index in [0.29, 0.717) is 5.39 Å². The van der Waals surface area contributed by atoms with Gasteiger partial charge in [-0.2, -0.15) is 5.10 Å². The molecule has 100 valence electrons. The number of fused-ring (bicyclic) bond motifs is 1. The van der Waals surface area contributed by atoms with Gasteiger partial charge < -0.3 is 0 Å². The van der Waals surface area contributed by atoms with Crippen LogP contribution in [0, 0.1) is 17.0 Å². The fourth-order valence-corrected chi connectivity index (χ4v) is 2.40. The molecule has 0 amide bonds. The average molecular weight is 267 g/mol. The molecule has 5 heteroatoms. The van der Waals surface area contributed by atoms with Gasteiger partial charge in [0.05, 0.1) is 22.0 Å². The summed E-state index contributed by atoms with van der Waals surface area (Å²) in [5.74, 6) is 0. The zero-order valence-electron chi connectivity index (χ0n) is 11.2. The van der Waals surface area contributed by atoms with Crippen LogP contribution in [0.1, 0.15) is 5.56 Å². The quantitative estimate of drug-likeness (QED) is 0.527. The van der Waals surface area contributed by atoms with Crippen LogP contribution in [0.2, 0.25) is 0 Å². The second-order valence-corrected chi connectivity index (χ2v) is 4.79. The van der Waals surface area contributed by atoms with E-state index in [4.69, 9.17) is 0 Å². The van der Waals surface area contributed by atoms with Gasteiger partial charge >= 0.3 is 0 Å². The largest absolute Gasteiger partial charge is 0.280 e. The Labute approximate surface area is 115 Å². The summed E-state index contributed by atoms with van der Waals surface area (Å²) in [5, 5.41) is 15.8. The highest BCUT2D eigenvalue weighted by molar-refractivity contribution is 5.99. The van der Waals surface area contributed by atoms with E-state index in [1.165, 1.54) is 5.56 Å². The molecule has 3 rings (SSSR count). The van der Waals surface area contributed by atoms with Gasteiger partial charge in [0.1, 0.15) is 0 Å². The number of non-ortho nitro benzene ring substituents is 1. The minimum Gasteiger partial charge on any atom is -0.267 e. The van der Waals surface area contributed by atoms with Gasteiger partial charge in [-0.1, -0.05) is 29.8 Å². The van der Waals surface area contributed by atoms with Crippen LogP contribution in [0.3, 0.4) is 0 Å². The van der Waals surface area contributed by atoms with Gasteiger partial charge in [0.25, 0.3) is 5.69 Å². The van der Waals surface area contributed by atoms with Crippen molar-refractivity contribution < 1.29 is 4.92 Å². The van der Waals surface area contributed by atoms with E-state index in [0.717, 1.165) is 16.6 Å². The highest BCUT2D eigenvalue weighted by atomic mass is 16.6. The summed E-state index contributed by atoms with van der Waals surface area (Å²) in [4.78, 5) is 10.7. The van der Waals surface area contributed by atoms with Crippen LogP contribution < -0.4 is 0 Å². The second kappa shape index (κ2) is 4.45. The van der Waals surface area contributed by atoms with Crippen LogP contribution in [0.5, 0.6) is 0 Å². The van der Waals surface area contributed by atoms with Gasteiger partial charge in [0.2, 0.25) is 0 Å². The molecule has 0 aliphatic heterocycles. The van der Waals surface area contributed by atoms with Crippen molar-refractivity contribution in [3.05, 3.63) is 58.3 Å². The van der Waals surface area contributed by atoms with Crippen molar-refractivity contribution in [1.82, 2.24) is 9.78 Å². The molecule has 0 spiro atoms. The van der Waals surface area contributed by atoms with Gasteiger partial charge in [-0.3, -0.25) is 14.8 Å². The standard InChI is InChI=1S/C15H13N3O2/c1-10-3-5-11(6-4-10)12-7-8-14(18(19)20)13-9-16-17(2)15(12)13/h3-9H,1-2H3. The normalized spacial score (nSPS) is 10.9. The molecule has 0 saturated carbocycles.